The Bertz CT molecular complexity index is 287. The second-order valence-corrected chi connectivity index (χ2v) is 7.32. The SMILES string of the molecule is CCC1CCC(C(NN)C2(N(CC)CC)CCCC2)CC1. The van der Waals surface area contributed by atoms with E-state index in [0.29, 0.717) is 11.6 Å². The van der Waals surface area contributed by atoms with Crippen LogP contribution in [0.4, 0.5) is 0 Å². The van der Waals surface area contributed by atoms with E-state index in [4.69, 9.17) is 5.84 Å². The van der Waals surface area contributed by atoms with Gasteiger partial charge >= 0.3 is 0 Å². The van der Waals surface area contributed by atoms with Gasteiger partial charge in [-0.3, -0.25) is 16.2 Å². The largest absolute Gasteiger partial charge is 0.297 e. The molecular formula is C18H37N3. The summed E-state index contributed by atoms with van der Waals surface area (Å²) < 4.78 is 0. The summed E-state index contributed by atoms with van der Waals surface area (Å²) in [6.45, 7) is 9.27. The van der Waals surface area contributed by atoms with Crippen LogP contribution in [0.15, 0.2) is 0 Å². The molecule has 2 fully saturated rings. The molecule has 2 rings (SSSR count). The number of likely N-dealkylation sites (N-methyl/N-ethyl adjacent to an activating group) is 1. The Morgan fingerprint density at radius 2 is 1.62 bits per heavy atom. The lowest BCUT2D eigenvalue weighted by Gasteiger charge is -2.50. The summed E-state index contributed by atoms with van der Waals surface area (Å²) in [6.07, 6.45) is 12.3. The standard InChI is InChI=1S/C18H37N3/c1-4-15-9-11-16(12-10-15)17(20-19)18(13-7-8-14-18)21(5-2)6-3/h15-17,20H,4-14,19H2,1-3H3. The highest BCUT2D eigenvalue weighted by Crippen LogP contribution is 2.44. The number of hydrazine groups is 1. The minimum atomic E-state index is 0.321. The first kappa shape index (κ1) is 17.2. The van der Waals surface area contributed by atoms with Crippen molar-refractivity contribution in [3.63, 3.8) is 0 Å². The highest BCUT2D eigenvalue weighted by Gasteiger charge is 2.47. The average Bonchev–Trinajstić information content (AvgIpc) is 3.00. The number of rotatable bonds is 7. The molecule has 1 unspecified atom stereocenters. The van der Waals surface area contributed by atoms with Crippen molar-refractivity contribution in [2.75, 3.05) is 13.1 Å². The van der Waals surface area contributed by atoms with Crippen LogP contribution in [0, 0.1) is 11.8 Å². The minimum Gasteiger partial charge on any atom is -0.297 e. The normalized spacial score (nSPS) is 30.7. The Balaban J connectivity index is 2.13. The van der Waals surface area contributed by atoms with E-state index in [-0.39, 0.29) is 0 Å². The average molecular weight is 296 g/mol. The molecule has 3 nitrogen and oxygen atoms in total. The van der Waals surface area contributed by atoms with Gasteiger partial charge in [-0.25, -0.2) is 0 Å². The molecule has 124 valence electrons. The van der Waals surface area contributed by atoms with Crippen molar-refractivity contribution in [2.24, 2.45) is 17.7 Å². The van der Waals surface area contributed by atoms with E-state index >= 15 is 0 Å². The summed E-state index contributed by atoms with van der Waals surface area (Å²) >= 11 is 0. The second kappa shape index (κ2) is 7.94. The summed E-state index contributed by atoms with van der Waals surface area (Å²) in [5, 5.41) is 0. The zero-order valence-corrected chi connectivity index (χ0v) is 14.5. The molecule has 0 aromatic carbocycles. The lowest BCUT2D eigenvalue weighted by Crippen LogP contribution is -2.64. The third kappa shape index (κ3) is 3.46. The van der Waals surface area contributed by atoms with E-state index in [1.54, 1.807) is 0 Å². The topological polar surface area (TPSA) is 41.3 Å². The molecule has 0 heterocycles. The maximum Gasteiger partial charge on any atom is 0.0422 e. The van der Waals surface area contributed by atoms with E-state index in [1.807, 2.05) is 0 Å². The fourth-order valence-electron chi connectivity index (χ4n) is 5.32. The van der Waals surface area contributed by atoms with E-state index in [1.165, 1.54) is 57.8 Å². The maximum atomic E-state index is 6.11. The van der Waals surface area contributed by atoms with Crippen molar-refractivity contribution in [1.82, 2.24) is 10.3 Å². The van der Waals surface area contributed by atoms with Crippen LogP contribution in [-0.4, -0.2) is 29.6 Å². The zero-order valence-electron chi connectivity index (χ0n) is 14.5. The molecule has 0 bridgehead atoms. The third-order valence-electron chi connectivity index (χ3n) is 6.56. The molecule has 0 aromatic heterocycles. The molecule has 0 amide bonds. The van der Waals surface area contributed by atoms with Gasteiger partial charge in [0.15, 0.2) is 0 Å². The predicted octanol–water partition coefficient (Wildman–Crippen LogP) is 3.69. The molecule has 0 aliphatic heterocycles. The molecule has 0 spiro atoms. The number of nitrogens with zero attached hydrogens (tertiary/aromatic N) is 1. The Hall–Kier alpha value is -0.120. The fourth-order valence-corrected chi connectivity index (χ4v) is 5.32. The first-order chi connectivity index (χ1) is 10.2. The molecular weight excluding hydrogens is 258 g/mol. The Morgan fingerprint density at radius 3 is 2.05 bits per heavy atom. The highest BCUT2D eigenvalue weighted by atomic mass is 15.3. The number of nitrogens with two attached hydrogens (primary N) is 1. The van der Waals surface area contributed by atoms with Gasteiger partial charge in [0.2, 0.25) is 0 Å². The smallest absolute Gasteiger partial charge is 0.0422 e. The first-order valence-electron chi connectivity index (χ1n) is 9.43. The minimum absolute atomic E-state index is 0.321. The maximum absolute atomic E-state index is 6.11. The van der Waals surface area contributed by atoms with E-state index < -0.39 is 0 Å². The number of hydrogen-bond donors (Lipinski definition) is 2. The van der Waals surface area contributed by atoms with Crippen molar-refractivity contribution < 1.29 is 0 Å². The second-order valence-electron chi connectivity index (χ2n) is 7.32. The van der Waals surface area contributed by atoms with Crippen molar-refractivity contribution in [3.8, 4) is 0 Å². The monoisotopic (exact) mass is 295 g/mol. The van der Waals surface area contributed by atoms with Gasteiger partial charge in [-0.05, 0) is 50.6 Å². The molecule has 0 radical (unpaired) electrons. The van der Waals surface area contributed by atoms with Gasteiger partial charge in [-0.1, -0.05) is 52.9 Å². The van der Waals surface area contributed by atoms with Gasteiger partial charge in [-0.15, -0.1) is 0 Å². The molecule has 0 saturated heterocycles. The van der Waals surface area contributed by atoms with E-state index in [2.05, 4.69) is 31.1 Å². The van der Waals surface area contributed by atoms with Gasteiger partial charge in [0, 0.05) is 11.6 Å². The summed E-state index contributed by atoms with van der Waals surface area (Å²) in [7, 11) is 0. The zero-order chi connectivity index (χ0) is 15.3. The molecule has 1 atom stereocenters. The van der Waals surface area contributed by atoms with Gasteiger partial charge in [0.25, 0.3) is 0 Å². The van der Waals surface area contributed by atoms with Crippen LogP contribution in [-0.2, 0) is 0 Å². The van der Waals surface area contributed by atoms with Crippen molar-refractivity contribution >= 4 is 0 Å². The molecule has 21 heavy (non-hydrogen) atoms. The summed E-state index contributed by atoms with van der Waals surface area (Å²) in [4.78, 5) is 2.70. The molecule has 2 saturated carbocycles. The fraction of sp³-hybridized carbons (Fsp3) is 1.00. The van der Waals surface area contributed by atoms with Crippen LogP contribution in [0.2, 0.25) is 0 Å². The molecule has 2 aliphatic rings. The Kier molecular flexibility index (Phi) is 6.51. The molecule has 3 heteroatoms. The van der Waals surface area contributed by atoms with Crippen LogP contribution >= 0.6 is 0 Å². The predicted molar refractivity (Wildman–Crippen MR) is 91.0 cm³/mol. The highest BCUT2D eigenvalue weighted by molar-refractivity contribution is 5.05. The van der Waals surface area contributed by atoms with Crippen LogP contribution in [0.3, 0.4) is 0 Å². The van der Waals surface area contributed by atoms with Crippen molar-refractivity contribution in [3.05, 3.63) is 0 Å². The van der Waals surface area contributed by atoms with Gasteiger partial charge < -0.3 is 0 Å². The van der Waals surface area contributed by atoms with Crippen LogP contribution in [0.5, 0.6) is 0 Å². The van der Waals surface area contributed by atoms with E-state index in [0.717, 1.165) is 24.9 Å². The first-order valence-corrected chi connectivity index (χ1v) is 9.43. The van der Waals surface area contributed by atoms with Crippen LogP contribution < -0.4 is 11.3 Å². The van der Waals surface area contributed by atoms with Gasteiger partial charge in [0.05, 0.1) is 0 Å². The van der Waals surface area contributed by atoms with Crippen molar-refractivity contribution in [2.45, 2.75) is 90.1 Å². The lowest BCUT2D eigenvalue weighted by molar-refractivity contribution is 0.0261. The Labute approximate surface area is 132 Å². The summed E-state index contributed by atoms with van der Waals surface area (Å²) in [6, 6.07) is 0.484. The Morgan fingerprint density at radius 1 is 1.05 bits per heavy atom. The molecule has 0 aromatic rings. The summed E-state index contributed by atoms with van der Waals surface area (Å²) in [5.41, 5.74) is 3.62. The number of hydrogen-bond acceptors (Lipinski definition) is 3. The van der Waals surface area contributed by atoms with Crippen LogP contribution in [0.1, 0.15) is 78.6 Å². The van der Waals surface area contributed by atoms with Gasteiger partial charge in [-0.2, -0.15) is 0 Å². The molecule has 2 aliphatic carbocycles. The third-order valence-corrected chi connectivity index (χ3v) is 6.56. The quantitative estimate of drug-likeness (QED) is 0.556. The van der Waals surface area contributed by atoms with E-state index in [9.17, 15) is 0 Å². The van der Waals surface area contributed by atoms with Gasteiger partial charge in [0.1, 0.15) is 0 Å². The van der Waals surface area contributed by atoms with Crippen molar-refractivity contribution in [1.29, 1.82) is 0 Å². The number of nitrogens with one attached hydrogen (secondary N) is 1. The summed E-state index contributed by atoms with van der Waals surface area (Å²) in [5.74, 6) is 7.85. The molecule has 3 N–H and O–H groups in total. The van der Waals surface area contributed by atoms with Crippen LogP contribution in [0.25, 0.3) is 0 Å². The lowest BCUT2D eigenvalue weighted by atomic mass is 9.70.